The Morgan fingerprint density at radius 3 is 2.31 bits per heavy atom. The Morgan fingerprint density at radius 2 is 1.88 bits per heavy atom. The third-order valence-corrected chi connectivity index (χ3v) is 3.19. The molecule has 0 saturated heterocycles. The lowest BCUT2D eigenvalue weighted by molar-refractivity contribution is -0.122. The molecule has 0 aromatic heterocycles. The molecule has 0 aliphatic heterocycles. The molecule has 1 saturated carbocycles. The van der Waals surface area contributed by atoms with Gasteiger partial charge in [0, 0.05) is 10.4 Å². The van der Waals surface area contributed by atoms with Gasteiger partial charge >= 0.3 is 0 Å². The first-order chi connectivity index (χ1) is 7.58. The number of amides is 1. The number of benzene rings is 1. The van der Waals surface area contributed by atoms with Crippen LogP contribution in [0, 0.1) is 17.6 Å². The van der Waals surface area contributed by atoms with Gasteiger partial charge in [0.25, 0.3) is 0 Å². The highest BCUT2D eigenvalue weighted by Gasteiger charge is 2.26. The highest BCUT2D eigenvalue weighted by molar-refractivity contribution is 9.10. The number of anilines is 1. The maximum absolute atomic E-state index is 13.4. The van der Waals surface area contributed by atoms with Crippen molar-refractivity contribution in [2.24, 2.45) is 5.92 Å². The van der Waals surface area contributed by atoms with Crippen molar-refractivity contribution in [2.75, 3.05) is 5.32 Å². The summed E-state index contributed by atoms with van der Waals surface area (Å²) in [5.74, 6) is -1.92. The van der Waals surface area contributed by atoms with Crippen LogP contribution in [0.3, 0.4) is 0 Å². The Hall–Kier alpha value is -0.970. The SMILES string of the molecule is O=C(Nc1c(F)cc(Br)cc1F)C1CCC1. The Kier molecular flexibility index (Phi) is 3.23. The molecule has 0 bridgehead atoms. The normalized spacial score (nSPS) is 15.7. The van der Waals surface area contributed by atoms with Crippen LogP contribution in [0.2, 0.25) is 0 Å². The van der Waals surface area contributed by atoms with Crippen molar-refractivity contribution in [3.8, 4) is 0 Å². The van der Waals surface area contributed by atoms with Crippen LogP contribution < -0.4 is 5.32 Å². The Balaban J connectivity index is 2.17. The fraction of sp³-hybridized carbons (Fsp3) is 0.364. The molecule has 2 nitrogen and oxygen atoms in total. The average molecular weight is 290 g/mol. The summed E-state index contributed by atoms with van der Waals surface area (Å²) >= 11 is 2.97. The molecule has 1 N–H and O–H groups in total. The van der Waals surface area contributed by atoms with Crippen LogP contribution in [-0.4, -0.2) is 5.91 Å². The maximum atomic E-state index is 13.4. The maximum Gasteiger partial charge on any atom is 0.227 e. The molecule has 1 aromatic carbocycles. The minimum Gasteiger partial charge on any atom is -0.321 e. The molecule has 1 fully saturated rings. The van der Waals surface area contributed by atoms with Crippen LogP contribution in [0.5, 0.6) is 0 Å². The fourth-order valence-corrected chi connectivity index (χ4v) is 1.96. The van der Waals surface area contributed by atoms with Crippen molar-refractivity contribution in [3.63, 3.8) is 0 Å². The van der Waals surface area contributed by atoms with Crippen molar-refractivity contribution >= 4 is 27.5 Å². The number of carbonyl (C=O) groups is 1. The highest BCUT2D eigenvalue weighted by Crippen LogP contribution is 2.29. The number of nitrogens with one attached hydrogen (secondary N) is 1. The van der Waals surface area contributed by atoms with Gasteiger partial charge in [0.1, 0.15) is 5.69 Å². The summed E-state index contributed by atoms with van der Waals surface area (Å²) in [5.41, 5.74) is -0.361. The van der Waals surface area contributed by atoms with Gasteiger partial charge in [0.05, 0.1) is 0 Å². The quantitative estimate of drug-likeness (QED) is 0.888. The van der Waals surface area contributed by atoms with Crippen LogP contribution >= 0.6 is 15.9 Å². The predicted molar refractivity (Wildman–Crippen MR) is 60.0 cm³/mol. The summed E-state index contributed by atoms with van der Waals surface area (Å²) in [6, 6.07) is 2.25. The summed E-state index contributed by atoms with van der Waals surface area (Å²) < 4.78 is 27.1. The topological polar surface area (TPSA) is 29.1 Å². The van der Waals surface area contributed by atoms with Crippen molar-refractivity contribution in [3.05, 3.63) is 28.2 Å². The van der Waals surface area contributed by atoms with E-state index in [2.05, 4.69) is 21.2 Å². The number of rotatable bonds is 2. The van der Waals surface area contributed by atoms with E-state index in [9.17, 15) is 13.6 Å². The third-order valence-electron chi connectivity index (χ3n) is 2.73. The Labute approximate surface area is 100 Å². The molecule has 0 radical (unpaired) electrons. The summed E-state index contributed by atoms with van der Waals surface area (Å²) in [5, 5.41) is 2.30. The lowest BCUT2D eigenvalue weighted by atomic mass is 9.85. The molecule has 0 spiro atoms. The molecule has 86 valence electrons. The molecule has 0 atom stereocenters. The van der Waals surface area contributed by atoms with E-state index in [1.165, 1.54) is 0 Å². The molecule has 1 aliphatic rings. The second kappa shape index (κ2) is 4.49. The van der Waals surface area contributed by atoms with Crippen LogP contribution in [-0.2, 0) is 4.79 Å². The number of halogens is 3. The zero-order chi connectivity index (χ0) is 11.7. The molecule has 1 amide bonds. The van der Waals surface area contributed by atoms with Crippen molar-refractivity contribution < 1.29 is 13.6 Å². The lowest BCUT2D eigenvalue weighted by Crippen LogP contribution is -2.28. The highest BCUT2D eigenvalue weighted by atomic mass is 79.9. The van der Waals surface area contributed by atoms with Gasteiger partial charge in [-0.15, -0.1) is 0 Å². The van der Waals surface area contributed by atoms with Crippen LogP contribution in [0.4, 0.5) is 14.5 Å². The van der Waals surface area contributed by atoms with E-state index in [4.69, 9.17) is 0 Å². The molecule has 1 aliphatic carbocycles. The van der Waals surface area contributed by atoms with E-state index >= 15 is 0 Å². The lowest BCUT2D eigenvalue weighted by Gasteiger charge is -2.24. The van der Waals surface area contributed by atoms with Gasteiger partial charge in [-0.25, -0.2) is 8.78 Å². The molecule has 2 rings (SSSR count). The molecule has 5 heteroatoms. The van der Waals surface area contributed by atoms with E-state index in [1.54, 1.807) is 0 Å². The van der Waals surface area contributed by atoms with Gasteiger partial charge < -0.3 is 5.32 Å². The molecule has 16 heavy (non-hydrogen) atoms. The largest absolute Gasteiger partial charge is 0.321 e. The number of hydrogen-bond acceptors (Lipinski definition) is 1. The molecular weight excluding hydrogens is 280 g/mol. The summed E-state index contributed by atoms with van der Waals surface area (Å²) in [4.78, 5) is 11.5. The molecular formula is C11H10BrF2NO. The minimum absolute atomic E-state index is 0.0950. The average Bonchev–Trinajstić information content (AvgIpc) is 2.08. The van der Waals surface area contributed by atoms with Gasteiger partial charge in [-0.3, -0.25) is 4.79 Å². The van der Waals surface area contributed by atoms with Gasteiger partial charge in [-0.2, -0.15) is 0 Å². The standard InChI is InChI=1S/C11H10BrF2NO/c12-7-4-8(13)10(9(14)5-7)15-11(16)6-2-1-3-6/h4-6H,1-3H2,(H,15,16). The van der Waals surface area contributed by atoms with E-state index < -0.39 is 11.6 Å². The van der Waals surface area contributed by atoms with Crippen LogP contribution in [0.15, 0.2) is 16.6 Å². The van der Waals surface area contributed by atoms with Crippen molar-refractivity contribution in [1.29, 1.82) is 0 Å². The summed E-state index contributed by atoms with van der Waals surface area (Å²) in [6.45, 7) is 0. The second-order valence-electron chi connectivity index (χ2n) is 3.86. The van der Waals surface area contributed by atoms with E-state index in [0.29, 0.717) is 4.47 Å². The van der Waals surface area contributed by atoms with Gasteiger partial charge in [0.2, 0.25) is 5.91 Å². The molecule has 0 unspecified atom stereocenters. The Bertz CT molecular complexity index is 409. The minimum atomic E-state index is -0.764. The second-order valence-corrected chi connectivity index (χ2v) is 4.78. The van der Waals surface area contributed by atoms with Crippen molar-refractivity contribution in [2.45, 2.75) is 19.3 Å². The Morgan fingerprint density at radius 1 is 1.31 bits per heavy atom. The predicted octanol–water partition coefficient (Wildman–Crippen LogP) is 3.47. The molecule has 0 heterocycles. The van der Waals surface area contributed by atoms with Gasteiger partial charge in [-0.1, -0.05) is 22.4 Å². The fourth-order valence-electron chi connectivity index (χ4n) is 1.56. The zero-order valence-corrected chi connectivity index (χ0v) is 9.98. The van der Waals surface area contributed by atoms with Crippen LogP contribution in [0.1, 0.15) is 19.3 Å². The monoisotopic (exact) mass is 289 g/mol. The summed E-state index contributed by atoms with van der Waals surface area (Å²) in [6.07, 6.45) is 2.60. The van der Waals surface area contributed by atoms with Crippen LogP contribution in [0.25, 0.3) is 0 Å². The first-order valence-electron chi connectivity index (χ1n) is 5.03. The van der Waals surface area contributed by atoms with E-state index in [1.807, 2.05) is 0 Å². The number of hydrogen-bond donors (Lipinski definition) is 1. The smallest absolute Gasteiger partial charge is 0.227 e. The van der Waals surface area contributed by atoms with Gasteiger partial charge in [0.15, 0.2) is 11.6 Å². The first kappa shape index (κ1) is 11.5. The van der Waals surface area contributed by atoms with Gasteiger partial charge in [-0.05, 0) is 25.0 Å². The van der Waals surface area contributed by atoms with E-state index in [0.717, 1.165) is 31.4 Å². The third kappa shape index (κ3) is 2.24. The number of carbonyl (C=O) groups excluding carboxylic acids is 1. The first-order valence-corrected chi connectivity index (χ1v) is 5.82. The summed E-state index contributed by atoms with van der Waals surface area (Å²) in [7, 11) is 0. The molecule has 1 aromatic rings. The van der Waals surface area contributed by atoms with Crippen molar-refractivity contribution in [1.82, 2.24) is 0 Å². The zero-order valence-electron chi connectivity index (χ0n) is 8.40. The van der Waals surface area contributed by atoms with E-state index in [-0.39, 0.29) is 17.5 Å².